The summed E-state index contributed by atoms with van der Waals surface area (Å²) in [6.45, 7) is 0.816. The number of piperazine rings is 1. The summed E-state index contributed by atoms with van der Waals surface area (Å²) < 4.78 is 52.8. The second-order valence-corrected chi connectivity index (χ2v) is 10.1. The highest BCUT2D eigenvalue weighted by atomic mass is 32.2. The van der Waals surface area contributed by atoms with Crippen LogP contribution in [0.5, 0.6) is 0 Å². The van der Waals surface area contributed by atoms with E-state index in [1.165, 1.54) is 34.5 Å². The van der Waals surface area contributed by atoms with Crippen molar-refractivity contribution in [1.82, 2.24) is 13.9 Å². The molecule has 3 rings (SSSR count). The van der Waals surface area contributed by atoms with Crippen LogP contribution in [0.3, 0.4) is 0 Å². The number of sulfonamides is 2. The minimum Gasteiger partial charge on any atom is -0.336 e. The number of amides is 1. The third-order valence-electron chi connectivity index (χ3n) is 4.57. The van der Waals surface area contributed by atoms with Gasteiger partial charge in [-0.3, -0.25) is 4.79 Å². The number of benzene rings is 2. The molecule has 8 nitrogen and oxygen atoms in total. The Kier molecular flexibility index (Phi) is 5.84. The summed E-state index contributed by atoms with van der Waals surface area (Å²) in [5, 5.41) is 0. The van der Waals surface area contributed by atoms with Crippen LogP contribution in [0, 0.1) is 0 Å². The highest BCUT2D eigenvalue weighted by Gasteiger charge is 2.30. The number of carbonyl (C=O) groups excluding carboxylic acids is 1. The maximum atomic E-state index is 12.7. The topological polar surface area (TPSA) is 104 Å². The fourth-order valence-corrected chi connectivity index (χ4v) is 5.19. The van der Waals surface area contributed by atoms with Gasteiger partial charge in [-0.15, -0.1) is 0 Å². The normalized spacial score (nSPS) is 16.1. The second kappa shape index (κ2) is 8.00. The van der Waals surface area contributed by atoms with Gasteiger partial charge in [0.1, 0.15) is 0 Å². The molecule has 1 fully saturated rings. The first-order valence-electron chi connectivity index (χ1n) is 8.64. The number of hydrogen-bond acceptors (Lipinski definition) is 5. The van der Waals surface area contributed by atoms with Gasteiger partial charge in [0.05, 0.1) is 9.79 Å². The molecule has 2 aromatic rings. The van der Waals surface area contributed by atoms with Crippen molar-refractivity contribution in [3.05, 3.63) is 60.2 Å². The highest BCUT2D eigenvalue weighted by molar-refractivity contribution is 7.89. The lowest BCUT2D eigenvalue weighted by atomic mass is 10.2. The van der Waals surface area contributed by atoms with E-state index in [1.807, 2.05) is 0 Å². The number of hydrogen-bond donors (Lipinski definition) is 1. The number of nitrogens with one attached hydrogen (secondary N) is 1. The van der Waals surface area contributed by atoms with Crippen molar-refractivity contribution in [2.75, 3.05) is 33.2 Å². The van der Waals surface area contributed by atoms with Crippen LogP contribution in [0.15, 0.2) is 64.4 Å². The van der Waals surface area contributed by atoms with E-state index >= 15 is 0 Å². The van der Waals surface area contributed by atoms with Crippen molar-refractivity contribution in [1.29, 1.82) is 0 Å². The Morgan fingerprint density at radius 1 is 0.857 bits per heavy atom. The van der Waals surface area contributed by atoms with Crippen LogP contribution < -0.4 is 4.72 Å². The monoisotopic (exact) mass is 423 g/mol. The first-order chi connectivity index (χ1) is 13.3. The minimum atomic E-state index is -3.65. The van der Waals surface area contributed by atoms with Gasteiger partial charge in [0.15, 0.2) is 0 Å². The van der Waals surface area contributed by atoms with Crippen LogP contribution in [0.4, 0.5) is 0 Å². The fraction of sp³-hybridized carbons (Fsp3) is 0.278. The van der Waals surface area contributed by atoms with Gasteiger partial charge in [-0.1, -0.05) is 24.3 Å². The standard InChI is InChI=1S/C18H21N3O5S2/c1-19-27(23,24)17-9-5-6-15(14-17)18(22)20-10-12-21(13-11-20)28(25,26)16-7-3-2-4-8-16/h2-9,14,19H,10-13H2,1H3. The molecule has 0 atom stereocenters. The van der Waals surface area contributed by atoms with Crippen molar-refractivity contribution in [3.63, 3.8) is 0 Å². The first-order valence-corrected chi connectivity index (χ1v) is 11.6. The molecule has 0 radical (unpaired) electrons. The van der Waals surface area contributed by atoms with Gasteiger partial charge in [-0.2, -0.15) is 4.31 Å². The van der Waals surface area contributed by atoms with E-state index in [9.17, 15) is 21.6 Å². The third-order valence-corrected chi connectivity index (χ3v) is 7.89. The second-order valence-electron chi connectivity index (χ2n) is 6.24. The fourth-order valence-electron chi connectivity index (χ4n) is 2.97. The van der Waals surface area contributed by atoms with Crippen LogP contribution in [-0.4, -0.2) is 65.2 Å². The van der Waals surface area contributed by atoms with Gasteiger partial charge in [0, 0.05) is 31.7 Å². The molecule has 0 aliphatic carbocycles. The molecule has 1 aliphatic rings. The quantitative estimate of drug-likeness (QED) is 0.764. The predicted octanol–water partition coefficient (Wildman–Crippen LogP) is 0.741. The SMILES string of the molecule is CNS(=O)(=O)c1cccc(C(=O)N2CCN(S(=O)(=O)c3ccccc3)CC2)c1. The van der Waals surface area contributed by atoms with Crippen LogP contribution in [0.25, 0.3) is 0 Å². The van der Waals surface area contributed by atoms with Gasteiger partial charge in [-0.25, -0.2) is 21.6 Å². The van der Waals surface area contributed by atoms with Gasteiger partial charge < -0.3 is 4.90 Å². The van der Waals surface area contributed by atoms with Crippen LogP contribution >= 0.6 is 0 Å². The molecule has 1 aliphatic heterocycles. The highest BCUT2D eigenvalue weighted by Crippen LogP contribution is 2.19. The molecule has 1 N–H and O–H groups in total. The maximum Gasteiger partial charge on any atom is 0.253 e. The molecule has 10 heteroatoms. The summed E-state index contributed by atoms with van der Waals surface area (Å²) in [6.07, 6.45) is 0. The molecule has 0 saturated carbocycles. The van der Waals surface area contributed by atoms with E-state index in [4.69, 9.17) is 0 Å². The Morgan fingerprint density at radius 3 is 2.07 bits per heavy atom. The Morgan fingerprint density at radius 2 is 1.46 bits per heavy atom. The predicted molar refractivity (Wildman–Crippen MR) is 104 cm³/mol. The Hall–Kier alpha value is -2.27. The minimum absolute atomic E-state index is 0.00569. The molecular formula is C18H21N3O5S2. The van der Waals surface area contributed by atoms with E-state index in [1.54, 1.807) is 36.4 Å². The third kappa shape index (κ3) is 4.09. The molecule has 1 amide bonds. The number of carbonyl (C=O) groups is 1. The summed E-state index contributed by atoms with van der Waals surface area (Å²) >= 11 is 0. The van der Waals surface area contributed by atoms with E-state index in [0.717, 1.165) is 0 Å². The molecule has 0 spiro atoms. The smallest absolute Gasteiger partial charge is 0.253 e. The number of rotatable bonds is 5. The Balaban J connectivity index is 1.72. The molecule has 0 aromatic heterocycles. The lowest BCUT2D eigenvalue weighted by Gasteiger charge is -2.34. The lowest BCUT2D eigenvalue weighted by Crippen LogP contribution is -2.50. The summed E-state index contributed by atoms with van der Waals surface area (Å²) in [4.78, 5) is 14.5. The lowest BCUT2D eigenvalue weighted by molar-refractivity contribution is 0.0697. The van der Waals surface area contributed by atoms with Crippen molar-refractivity contribution in [2.24, 2.45) is 0 Å². The molecule has 0 bridgehead atoms. The van der Waals surface area contributed by atoms with Gasteiger partial charge in [0.2, 0.25) is 20.0 Å². The van der Waals surface area contributed by atoms with Gasteiger partial charge in [-0.05, 0) is 37.4 Å². The zero-order valence-corrected chi connectivity index (χ0v) is 16.9. The van der Waals surface area contributed by atoms with Crippen LogP contribution in [0.2, 0.25) is 0 Å². The van der Waals surface area contributed by atoms with Crippen LogP contribution in [0.1, 0.15) is 10.4 Å². The molecule has 150 valence electrons. The van der Waals surface area contributed by atoms with Crippen molar-refractivity contribution >= 4 is 26.0 Å². The molecule has 2 aromatic carbocycles. The Bertz CT molecular complexity index is 1060. The molecule has 0 unspecified atom stereocenters. The van der Waals surface area contributed by atoms with Crippen molar-refractivity contribution in [3.8, 4) is 0 Å². The Labute approximate surface area is 164 Å². The average molecular weight is 424 g/mol. The van der Waals surface area contributed by atoms with E-state index < -0.39 is 20.0 Å². The summed E-state index contributed by atoms with van der Waals surface area (Å²) in [7, 11) is -5.95. The summed E-state index contributed by atoms with van der Waals surface area (Å²) in [6, 6.07) is 13.9. The zero-order valence-electron chi connectivity index (χ0n) is 15.3. The van der Waals surface area contributed by atoms with Crippen molar-refractivity contribution in [2.45, 2.75) is 9.79 Å². The molecule has 28 heavy (non-hydrogen) atoms. The van der Waals surface area contributed by atoms with Gasteiger partial charge >= 0.3 is 0 Å². The van der Waals surface area contributed by atoms with Gasteiger partial charge in [0.25, 0.3) is 5.91 Å². The molecular weight excluding hydrogens is 402 g/mol. The largest absolute Gasteiger partial charge is 0.336 e. The molecule has 1 saturated heterocycles. The zero-order chi connectivity index (χ0) is 20.4. The summed E-state index contributed by atoms with van der Waals surface area (Å²) in [5.41, 5.74) is 0.246. The number of nitrogens with zero attached hydrogens (tertiary/aromatic N) is 2. The average Bonchev–Trinajstić information content (AvgIpc) is 2.74. The molecule has 1 heterocycles. The van der Waals surface area contributed by atoms with Crippen molar-refractivity contribution < 1.29 is 21.6 Å². The van der Waals surface area contributed by atoms with E-state index in [-0.39, 0.29) is 47.4 Å². The van der Waals surface area contributed by atoms with E-state index in [2.05, 4.69) is 4.72 Å². The summed E-state index contributed by atoms with van der Waals surface area (Å²) in [5.74, 6) is -0.329. The van der Waals surface area contributed by atoms with Crippen LogP contribution in [-0.2, 0) is 20.0 Å². The maximum absolute atomic E-state index is 12.7. The van der Waals surface area contributed by atoms with E-state index in [0.29, 0.717) is 0 Å². The first kappa shape index (κ1) is 20.5.